The van der Waals surface area contributed by atoms with Crippen LogP contribution in [-0.2, 0) is 38.9 Å². The number of hydrogen-bond donors (Lipinski definition) is 0. The highest BCUT2D eigenvalue weighted by atomic mass is 32.2. The molecule has 6 unspecified atom stereocenters. The minimum absolute atomic E-state index is 0. The number of fused-ring (bicyclic) bond motifs is 2. The van der Waals surface area contributed by atoms with Gasteiger partial charge in [-0.1, -0.05) is 38.8 Å². The summed E-state index contributed by atoms with van der Waals surface area (Å²) in [5, 5.41) is 0.201. The van der Waals surface area contributed by atoms with Gasteiger partial charge >= 0.3 is 0 Å². The predicted octanol–water partition coefficient (Wildman–Crippen LogP) is 6.03. The fraction of sp³-hybridized carbons (Fsp3) is 0.650. The lowest BCUT2D eigenvalue weighted by Crippen LogP contribution is -2.31. The van der Waals surface area contributed by atoms with Crippen LogP contribution in [-0.4, -0.2) is 82.3 Å². The Morgan fingerprint density at radius 3 is 1.71 bits per heavy atom. The zero-order valence-electron chi connectivity index (χ0n) is 31.5. The van der Waals surface area contributed by atoms with Crippen molar-refractivity contribution >= 4 is 31.6 Å². The fourth-order valence-corrected chi connectivity index (χ4v) is 12.9. The molecule has 4 heterocycles. The van der Waals surface area contributed by atoms with Gasteiger partial charge < -0.3 is 9.13 Å². The van der Waals surface area contributed by atoms with E-state index < -0.39 is 20.0 Å². The number of rotatable bonds is 10. The lowest BCUT2D eigenvalue weighted by molar-refractivity contribution is -0.125. The molecule has 2 aromatic heterocycles. The van der Waals surface area contributed by atoms with Crippen LogP contribution < -0.4 is 0 Å². The molecule has 1 aromatic carbocycles. The Morgan fingerprint density at radius 2 is 1.24 bits per heavy atom. The number of sulfonamides is 2. The predicted molar refractivity (Wildman–Crippen MR) is 206 cm³/mol. The molecule has 12 nitrogen and oxygen atoms in total. The van der Waals surface area contributed by atoms with Crippen molar-refractivity contribution in [2.75, 3.05) is 26.2 Å². The van der Waals surface area contributed by atoms with Crippen LogP contribution in [0, 0.1) is 54.2 Å². The van der Waals surface area contributed by atoms with Gasteiger partial charge in [-0.15, -0.1) is 0 Å². The van der Waals surface area contributed by atoms with E-state index in [2.05, 4.69) is 9.97 Å². The Kier molecular flexibility index (Phi) is 12.5. The summed E-state index contributed by atoms with van der Waals surface area (Å²) in [6.45, 7) is 3.70. The number of Topliss-reactive ketones (excluding diaryl/α,β-unsaturated/α-hetero) is 2. The molecule has 0 amide bonds. The molecule has 5 aliphatic rings. The molecule has 2 saturated heterocycles. The van der Waals surface area contributed by atoms with Crippen LogP contribution in [0.25, 0.3) is 0 Å². The van der Waals surface area contributed by atoms with Crippen molar-refractivity contribution < 1.29 is 30.8 Å². The van der Waals surface area contributed by atoms with Gasteiger partial charge in [-0.05, 0) is 92.6 Å². The quantitative estimate of drug-likeness (QED) is 0.226. The van der Waals surface area contributed by atoms with Crippen LogP contribution in [0.15, 0.2) is 53.3 Å². The van der Waals surface area contributed by atoms with E-state index >= 15 is 0 Å². The van der Waals surface area contributed by atoms with E-state index in [0.29, 0.717) is 73.7 Å². The van der Waals surface area contributed by atoms with Crippen LogP contribution in [0.4, 0.5) is 4.39 Å². The molecular formula is C40H57FN6O6S2. The number of aryl methyl sites for hydroxylation is 3. The summed E-state index contributed by atoms with van der Waals surface area (Å²) in [6, 6.07) is 4.59. The van der Waals surface area contributed by atoms with Crippen LogP contribution in [0.3, 0.4) is 0 Å². The zero-order valence-corrected chi connectivity index (χ0v) is 33.1. The first kappa shape index (κ1) is 41.4. The normalized spacial score (nSPS) is 27.3. The first-order valence-electron chi connectivity index (χ1n) is 19.5. The summed E-state index contributed by atoms with van der Waals surface area (Å²) in [7, 11) is -3.61. The number of carbonyl (C=O) groups is 2. The summed E-state index contributed by atoms with van der Waals surface area (Å²) in [6.07, 6.45) is 16.7. The van der Waals surface area contributed by atoms with Gasteiger partial charge in [-0.25, -0.2) is 31.2 Å². The molecule has 8 rings (SSSR count). The average Bonchev–Trinajstić information content (AvgIpc) is 3.99. The summed E-state index contributed by atoms with van der Waals surface area (Å²) < 4.78 is 71.5. The van der Waals surface area contributed by atoms with E-state index in [0.717, 1.165) is 38.5 Å². The first-order chi connectivity index (χ1) is 25.7. The molecule has 5 fully saturated rings. The van der Waals surface area contributed by atoms with Crippen LogP contribution >= 0.6 is 0 Å². The van der Waals surface area contributed by atoms with Gasteiger partial charge in [0.25, 0.3) is 20.0 Å². The monoisotopic (exact) mass is 800 g/mol. The summed E-state index contributed by atoms with van der Waals surface area (Å²) in [5.74, 6) is 1.91. The minimum atomic E-state index is -3.61. The molecule has 0 spiro atoms. The number of benzene rings is 1. The van der Waals surface area contributed by atoms with Crippen molar-refractivity contribution in [2.24, 2.45) is 55.5 Å². The Morgan fingerprint density at radius 1 is 0.727 bits per heavy atom. The van der Waals surface area contributed by atoms with Crippen molar-refractivity contribution in [1.82, 2.24) is 27.7 Å². The number of imidazole rings is 2. The van der Waals surface area contributed by atoms with Crippen LogP contribution in [0.5, 0.6) is 0 Å². The molecule has 3 aromatic rings. The van der Waals surface area contributed by atoms with Gasteiger partial charge in [0, 0.05) is 77.0 Å². The van der Waals surface area contributed by atoms with Crippen molar-refractivity contribution in [3.8, 4) is 0 Å². The van der Waals surface area contributed by atoms with Crippen LogP contribution in [0.1, 0.15) is 94.0 Å². The molecule has 3 saturated carbocycles. The second-order valence-corrected chi connectivity index (χ2v) is 20.3. The van der Waals surface area contributed by atoms with Gasteiger partial charge in [-0.2, -0.15) is 8.61 Å². The summed E-state index contributed by atoms with van der Waals surface area (Å²) in [5.41, 5.74) is 0.908. The van der Waals surface area contributed by atoms with Gasteiger partial charge in [0.05, 0.1) is 12.7 Å². The average molecular weight is 801 g/mol. The molecule has 2 aliphatic heterocycles. The maximum Gasteiger partial charge on any atom is 0.262 e. The smallest absolute Gasteiger partial charge is 0.262 e. The molecule has 302 valence electrons. The lowest BCUT2D eigenvalue weighted by atomic mass is 9.80. The van der Waals surface area contributed by atoms with E-state index in [4.69, 9.17) is 0 Å². The summed E-state index contributed by atoms with van der Waals surface area (Å²) in [4.78, 5) is 33.4. The van der Waals surface area contributed by atoms with Crippen molar-refractivity contribution in [3.63, 3.8) is 0 Å². The maximum atomic E-state index is 13.8. The lowest BCUT2D eigenvalue weighted by Gasteiger charge is -2.24. The largest absolute Gasteiger partial charge is 0.339 e. The van der Waals surface area contributed by atoms with E-state index in [-0.39, 0.29) is 52.8 Å². The Hall–Kier alpha value is -3.27. The van der Waals surface area contributed by atoms with Gasteiger partial charge in [0.2, 0.25) is 0 Å². The third kappa shape index (κ3) is 8.69. The Balaban J connectivity index is 0.000000184. The third-order valence-corrected chi connectivity index (χ3v) is 16.4. The molecule has 3 aliphatic carbocycles. The van der Waals surface area contributed by atoms with E-state index in [1.54, 1.807) is 52.8 Å². The SMILES string of the molecule is C.Cc1ccc(C(=O)CC2CCC3CN(S(=O)(=O)c4cn(C)cn4)CC23)cc1F.Cn1cnc(S(=O)(=O)N2CC3CCC(CC(=O)C4CCCCC4)C3C2)c1. The standard InChI is InChI=1S/C20H24FN3O3S.C19H29N3O3S.CH4/c1-13-3-4-15(7-18(13)21)19(25)8-14-5-6-16-9-24(10-17(14)16)28(26,27)20-11-23(2)12-22-20;1-21-12-19(20-13-21)26(24,25)22-10-16-8-7-15(17(16)11-22)9-18(23)14-5-3-2-4-6-14;/h3-4,7,11-12,14,16-17H,5-6,8-10H2,1-2H3;12-17H,2-11H2,1H3;1H4. The number of halogens is 1. The number of carbonyl (C=O) groups excluding carboxylic acids is 2. The number of ketones is 2. The van der Waals surface area contributed by atoms with Crippen molar-refractivity contribution in [1.29, 1.82) is 0 Å². The highest BCUT2D eigenvalue weighted by Gasteiger charge is 2.48. The van der Waals surface area contributed by atoms with E-state index in [9.17, 15) is 30.8 Å². The first-order valence-corrected chi connectivity index (χ1v) is 22.4. The van der Waals surface area contributed by atoms with E-state index in [1.165, 1.54) is 48.5 Å². The molecule has 0 N–H and O–H groups in total. The number of aromatic nitrogens is 4. The zero-order chi connectivity index (χ0) is 38.4. The summed E-state index contributed by atoms with van der Waals surface area (Å²) >= 11 is 0. The Labute approximate surface area is 326 Å². The topological polar surface area (TPSA) is 145 Å². The molecule has 55 heavy (non-hydrogen) atoms. The molecule has 0 bridgehead atoms. The fourth-order valence-electron chi connectivity index (χ4n) is 9.85. The molecule has 15 heteroatoms. The molecule has 6 atom stereocenters. The van der Waals surface area contributed by atoms with Crippen molar-refractivity contribution in [3.05, 3.63) is 60.2 Å². The number of nitrogens with zero attached hydrogens (tertiary/aromatic N) is 6. The Bertz CT molecular complexity index is 2080. The third-order valence-electron chi connectivity index (χ3n) is 13.0. The minimum Gasteiger partial charge on any atom is -0.339 e. The second-order valence-electron chi connectivity index (χ2n) is 16.5. The van der Waals surface area contributed by atoms with Crippen molar-refractivity contribution in [2.45, 2.75) is 95.0 Å². The van der Waals surface area contributed by atoms with Crippen LogP contribution in [0.2, 0.25) is 0 Å². The number of hydrogen-bond acceptors (Lipinski definition) is 8. The molecular weight excluding hydrogens is 744 g/mol. The highest BCUT2D eigenvalue weighted by molar-refractivity contribution is 7.89. The second kappa shape index (κ2) is 16.7. The highest BCUT2D eigenvalue weighted by Crippen LogP contribution is 2.47. The molecule has 0 radical (unpaired) electrons. The van der Waals surface area contributed by atoms with Gasteiger partial charge in [0.1, 0.15) is 11.6 Å². The van der Waals surface area contributed by atoms with Gasteiger partial charge in [0.15, 0.2) is 15.8 Å². The van der Waals surface area contributed by atoms with Gasteiger partial charge in [-0.3, -0.25) is 9.59 Å². The maximum absolute atomic E-state index is 13.8. The van der Waals surface area contributed by atoms with E-state index in [1.807, 2.05) is 0 Å².